The van der Waals surface area contributed by atoms with Crippen molar-refractivity contribution in [1.82, 2.24) is 4.98 Å². The highest BCUT2D eigenvalue weighted by atomic mass is 16.5. The minimum Gasteiger partial charge on any atom is -0.456 e. The number of aryl methyl sites for hydroxylation is 1. The van der Waals surface area contributed by atoms with Gasteiger partial charge < -0.3 is 9.15 Å². The second-order valence-electron chi connectivity index (χ2n) is 3.31. The van der Waals surface area contributed by atoms with E-state index in [0.717, 1.165) is 5.56 Å². The topological polar surface area (TPSA) is 52.3 Å². The molecule has 0 bridgehead atoms. The highest BCUT2D eigenvalue weighted by Crippen LogP contribution is 2.06. The van der Waals surface area contributed by atoms with Crippen LogP contribution in [0.2, 0.25) is 0 Å². The van der Waals surface area contributed by atoms with E-state index in [1.165, 1.54) is 6.26 Å². The average Bonchev–Trinajstić information content (AvgIpc) is 2.74. The number of carbonyl (C=O) groups excluding carboxylic acids is 1. The van der Waals surface area contributed by atoms with Gasteiger partial charge in [-0.3, -0.25) is 0 Å². The Kier molecular flexibility index (Phi) is 4.46. The van der Waals surface area contributed by atoms with E-state index in [9.17, 15) is 4.79 Å². The number of oxazole rings is 1. The number of hydrogen-bond donors (Lipinski definition) is 0. The molecule has 0 saturated heterocycles. The van der Waals surface area contributed by atoms with Crippen LogP contribution in [0.3, 0.4) is 0 Å². The van der Waals surface area contributed by atoms with Crippen LogP contribution in [0.1, 0.15) is 29.4 Å². The molecule has 0 N–H and O–H groups in total. The van der Waals surface area contributed by atoms with E-state index in [2.05, 4.69) is 4.98 Å². The van der Waals surface area contributed by atoms with Gasteiger partial charge in [0.05, 0.1) is 0 Å². The van der Waals surface area contributed by atoms with Gasteiger partial charge in [0.2, 0.25) is 0 Å². The summed E-state index contributed by atoms with van der Waals surface area (Å²) >= 11 is 0. The van der Waals surface area contributed by atoms with Crippen molar-refractivity contribution in [3.63, 3.8) is 0 Å². The number of esters is 1. The van der Waals surface area contributed by atoms with E-state index in [1.54, 1.807) is 6.92 Å². The first-order chi connectivity index (χ1) is 7.75. The van der Waals surface area contributed by atoms with E-state index < -0.39 is 5.97 Å². The van der Waals surface area contributed by atoms with Crippen LogP contribution < -0.4 is 0 Å². The van der Waals surface area contributed by atoms with E-state index in [4.69, 9.17) is 9.15 Å². The number of benzene rings is 1. The maximum atomic E-state index is 11.5. The first-order valence-corrected chi connectivity index (χ1v) is 4.89. The van der Waals surface area contributed by atoms with E-state index in [0.29, 0.717) is 5.89 Å². The zero-order valence-electron chi connectivity index (χ0n) is 8.84. The molecule has 2 rings (SSSR count). The molecule has 4 nitrogen and oxygen atoms in total. The summed E-state index contributed by atoms with van der Waals surface area (Å²) in [5.74, 6) is -0.0210. The van der Waals surface area contributed by atoms with E-state index in [1.807, 2.05) is 30.3 Å². The Labute approximate surface area is 100 Å². The van der Waals surface area contributed by atoms with Gasteiger partial charge in [0, 0.05) is 6.92 Å². The van der Waals surface area contributed by atoms with Crippen LogP contribution in [-0.4, -0.2) is 11.0 Å². The molecule has 0 fully saturated rings. The molecule has 0 spiro atoms. The lowest BCUT2D eigenvalue weighted by molar-refractivity contribution is 0.0465. The lowest BCUT2D eigenvalue weighted by atomic mass is 10.2. The number of nitrogens with zero attached hydrogens (tertiary/aromatic N) is 1. The van der Waals surface area contributed by atoms with Crippen molar-refractivity contribution in [2.24, 2.45) is 0 Å². The number of hydrogen-bond acceptors (Lipinski definition) is 4. The van der Waals surface area contributed by atoms with Gasteiger partial charge in [0.25, 0.3) is 0 Å². The lowest BCUT2D eigenvalue weighted by Gasteiger charge is -2.01. The van der Waals surface area contributed by atoms with Gasteiger partial charge in [-0.1, -0.05) is 37.8 Å². The number of rotatable bonds is 3. The monoisotopic (exact) mass is 233 g/mol. The Morgan fingerprint density at radius 3 is 2.65 bits per heavy atom. The van der Waals surface area contributed by atoms with Crippen molar-refractivity contribution < 1.29 is 13.9 Å². The third-order valence-corrected chi connectivity index (χ3v) is 2.04. The molecule has 1 heterocycles. The zero-order chi connectivity index (χ0) is 11.4. The Bertz CT molecular complexity index is 476. The Balaban J connectivity index is 0.00000144. The van der Waals surface area contributed by atoms with Crippen molar-refractivity contribution >= 4 is 5.97 Å². The highest BCUT2D eigenvalue weighted by Gasteiger charge is 2.11. The van der Waals surface area contributed by atoms with Crippen LogP contribution in [0.25, 0.3) is 0 Å². The lowest BCUT2D eigenvalue weighted by Crippen LogP contribution is -2.05. The molecule has 0 aliphatic heterocycles. The third kappa shape index (κ3) is 3.45. The van der Waals surface area contributed by atoms with Gasteiger partial charge in [0.1, 0.15) is 12.9 Å². The number of aromatic nitrogens is 1. The molecular formula is C13H15NO3. The molecule has 0 unspecified atom stereocenters. The van der Waals surface area contributed by atoms with Gasteiger partial charge in [-0.05, 0) is 5.56 Å². The molecule has 1 aromatic heterocycles. The van der Waals surface area contributed by atoms with Gasteiger partial charge in [-0.15, -0.1) is 0 Å². The van der Waals surface area contributed by atoms with Crippen molar-refractivity contribution in [2.45, 2.75) is 21.0 Å². The number of carbonyl (C=O) groups is 1. The first kappa shape index (κ1) is 13.0. The summed E-state index contributed by atoms with van der Waals surface area (Å²) < 4.78 is 9.99. The summed E-state index contributed by atoms with van der Waals surface area (Å²) in [5.41, 5.74) is 1.14. The summed E-state index contributed by atoms with van der Waals surface area (Å²) in [7, 11) is 0. The molecule has 1 aromatic carbocycles. The van der Waals surface area contributed by atoms with E-state index >= 15 is 0 Å². The molecule has 0 atom stereocenters. The SMILES string of the molecule is C.Cc1nc(C(=O)OCc2ccccc2)co1. The first-order valence-electron chi connectivity index (χ1n) is 4.89. The zero-order valence-corrected chi connectivity index (χ0v) is 8.84. The minimum atomic E-state index is -0.472. The molecule has 90 valence electrons. The molecule has 0 amide bonds. The van der Waals surface area contributed by atoms with Crippen molar-refractivity contribution in [1.29, 1.82) is 0 Å². The maximum absolute atomic E-state index is 11.5. The quantitative estimate of drug-likeness (QED) is 0.765. The molecule has 0 radical (unpaired) electrons. The van der Waals surface area contributed by atoms with Gasteiger partial charge >= 0.3 is 5.97 Å². The smallest absolute Gasteiger partial charge is 0.360 e. The normalized spacial score (nSPS) is 9.47. The second kappa shape index (κ2) is 5.84. The van der Waals surface area contributed by atoms with Crippen LogP contribution in [-0.2, 0) is 11.3 Å². The van der Waals surface area contributed by atoms with Gasteiger partial charge in [0.15, 0.2) is 11.6 Å². The molecule has 4 heteroatoms. The second-order valence-corrected chi connectivity index (χ2v) is 3.31. The van der Waals surface area contributed by atoms with Crippen LogP contribution in [0, 0.1) is 6.92 Å². The largest absolute Gasteiger partial charge is 0.456 e. The van der Waals surface area contributed by atoms with Crippen molar-refractivity contribution in [3.8, 4) is 0 Å². The standard InChI is InChI=1S/C12H11NO3.CH4/c1-9-13-11(8-15-9)12(14)16-7-10-5-3-2-4-6-10;/h2-6,8H,7H2,1H3;1H4. The third-order valence-electron chi connectivity index (χ3n) is 2.04. The van der Waals surface area contributed by atoms with Crippen LogP contribution in [0.5, 0.6) is 0 Å². The predicted octanol–water partition coefficient (Wildman–Crippen LogP) is 2.98. The van der Waals surface area contributed by atoms with Crippen molar-refractivity contribution in [2.75, 3.05) is 0 Å². The van der Waals surface area contributed by atoms with Crippen LogP contribution in [0.4, 0.5) is 0 Å². The molecule has 17 heavy (non-hydrogen) atoms. The van der Waals surface area contributed by atoms with Crippen LogP contribution >= 0.6 is 0 Å². The fourth-order valence-corrected chi connectivity index (χ4v) is 1.25. The Hall–Kier alpha value is -2.10. The minimum absolute atomic E-state index is 0. The van der Waals surface area contributed by atoms with E-state index in [-0.39, 0.29) is 19.7 Å². The van der Waals surface area contributed by atoms with Gasteiger partial charge in [-0.25, -0.2) is 9.78 Å². The summed E-state index contributed by atoms with van der Waals surface area (Å²) in [5, 5.41) is 0. The summed E-state index contributed by atoms with van der Waals surface area (Å²) in [6, 6.07) is 9.47. The summed E-state index contributed by atoms with van der Waals surface area (Å²) in [6.45, 7) is 1.92. The molecule has 0 aliphatic rings. The van der Waals surface area contributed by atoms with Crippen molar-refractivity contribution in [3.05, 3.63) is 53.7 Å². The molecular weight excluding hydrogens is 218 g/mol. The highest BCUT2D eigenvalue weighted by molar-refractivity contribution is 5.86. The van der Waals surface area contributed by atoms with Gasteiger partial charge in [-0.2, -0.15) is 0 Å². The molecule has 0 aliphatic carbocycles. The molecule has 0 saturated carbocycles. The summed E-state index contributed by atoms with van der Waals surface area (Å²) in [6.07, 6.45) is 1.29. The maximum Gasteiger partial charge on any atom is 0.360 e. The summed E-state index contributed by atoms with van der Waals surface area (Å²) in [4.78, 5) is 15.4. The molecule has 2 aromatic rings. The Morgan fingerprint density at radius 1 is 1.35 bits per heavy atom. The Morgan fingerprint density at radius 2 is 2.06 bits per heavy atom. The fraction of sp³-hybridized carbons (Fsp3) is 0.231. The average molecular weight is 233 g/mol. The predicted molar refractivity (Wildman–Crippen MR) is 63.5 cm³/mol. The fourth-order valence-electron chi connectivity index (χ4n) is 1.25. The number of ether oxygens (including phenoxy) is 1. The van der Waals surface area contributed by atoms with Crippen LogP contribution in [0.15, 0.2) is 41.0 Å².